The van der Waals surface area contributed by atoms with Crippen LogP contribution in [-0.4, -0.2) is 175 Å². The van der Waals surface area contributed by atoms with Gasteiger partial charge in [0.15, 0.2) is 5.96 Å². The zero-order valence-corrected chi connectivity index (χ0v) is 39.9. The second-order valence-corrected chi connectivity index (χ2v) is 19.1. The molecule has 3 N–H and O–H groups in total. The average molecular weight is 905 g/mol. The molecule has 19 nitrogen and oxygen atoms in total. The van der Waals surface area contributed by atoms with E-state index in [1.54, 1.807) is 59.0 Å². The number of nitrogens with zero attached hydrogens (tertiary/aromatic N) is 9. The Bertz CT molecular complexity index is 1770. The maximum atomic E-state index is 14.6. The third-order valence-electron chi connectivity index (χ3n) is 12.4. The lowest BCUT2D eigenvalue weighted by molar-refractivity contribution is -0.146. The highest BCUT2D eigenvalue weighted by Crippen LogP contribution is 2.41. The number of piperazine rings is 1. The number of likely N-dealkylation sites (N-methyl/N-ethyl adjacent to an activating group) is 1. The number of nitrogens with one attached hydrogen (secondary N) is 1. The molecule has 20 heteroatoms. The van der Waals surface area contributed by atoms with E-state index in [1.807, 2.05) is 46.7 Å². The first-order valence-electron chi connectivity index (χ1n) is 22.1. The lowest BCUT2D eigenvalue weighted by Crippen LogP contribution is -2.56. The molecule has 2 fully saturated rings. The zero-order valence-electron chi connectivity index (χ0n) is 39.0. The molecule has 0 aliphatic carbocycles. The summed E-state index contributed by atoms with van der Waals surface area (Å²) >= 11 is 0. The Kier molecular flexibility index (Phi) is 21.3. The quantitative estimate of drug-likeness (QED) is 0.0287. The zero-order chi connectivity index (χ0) is 47.0. The van der Waals surface area contributed by atoms with Crippen LogP contribution in [-0.2, 0) is 39.6 Å². The van der Waals surface area contributed by atoms with Gasteiger partial charge in [0.2, 0.25) is 23.6 Å². The van der Waals surface area contributed by atoms with E-state index >= 15 is 0 Å². The average Bonchev–Trinajstić information content (AvgIpc) is 3.74. The van der Waals surface area contributed by atoms with Gasteiger partial charge in [-0.1, -0.05) is 76.5 Å². The van der Waals surface area contributed by atoms with Crippen LogP contribution in [0.15, 0.2) is 40.4 Å². The molecule has 4 amide bonds. The molecule has 63 heavy (non-hydrogen) atoms. The number of carbonyl (C=O) groups is 4. The highest BCUT2D eigenvalue weighted by atomic mass is 31.2. The first-order valence-corrected chi connectivity index (χ1v) is 23.8. The van der Waals surface area contributed by atoms with Gasteiger partial charge >= 0.3 is 7.60 Å². The highest BCUT2D eigenvalue weighted by Gasteiger charge is 2.44. The van der Waals surface area contributed by atoms with Crippen molar-refractivity contribution in [3.05, 3.63) is 46.3 Å². The predicted octanol–water partition coefficient (Wildman–Crippen LogP) is 3.95. The minimum atomic E-state index is -4.73. The van der Waals surface area contributed by atoms with Crippen LogP contribution in [0.3, 0.4) is 0 Å². The van der Waals surface area contributed by atoms with Gasteiger partial charge in [0.25, 0.3) is 0 Å². The molecule has 2 aliphatic heterocycles. The fourth-order valence-corrected chi connectivity index (χ4v) is 9.40. The van der Waals surface area contributed by atoms with Gasteiger partial charge in [-0.15, -0.1) is 0 Å². The molecule has 0 bridgehead atoms. The Labute approximate surface area is 373 Å². The molecule has 0 aromatic heterocycles. The number of amides is 4. The first-order chi connectivity index (χ1) is 29.8. The molecule has 0 unspecified atom stereocenters. The van der Waals surface area contributed by atoms with Gasteiger partial charge in [0.05, 0.1) is 36.6 Å². The summed E-state index contributed by atoms with van der Waals surface area (Å²) in [6.07, 6.45) is 1.17. The molecule has 1 aromatic carbocycles. The van der Waals surface area contributed by atoms with Gasteiger partial charge in [-0.2, -0.15) is 0 Å². The van der Waals surface area contributed by atoms with E-state index < -0.39 is 55.5 Å². The molecule has 2 saturated heterocycles. The van der Waals surface area contributed by atoms with Crippen molar-refractivity contribution >= 4 is 37.2 Å². The van der Waals surface area contributed by atoms with Crippen LogP contribution < -0.4 is 5.32 Å². The molecule has 1 aromatic rings. The summed E-state index contributed by atoms with van der Waals surface area (Å²) in [6.45, 7) is 12.3. The number of hydrogen-bond donors (Lipinski definition) is 3. The van der Waals surface area contributed by atoms with Gasteiger partial charge in [-0.25, -0.2) is 4.99 Å². The van der Waals surface area contributed by atoms with Crippen LogP contribution in [0, 0.1) is 17.8 Å². The Morgan fingerprint density at radius 1 is 0.968 bits per heavy atom. The maximum absolute atomic E-state index is 14.6. The molecule has 3 rings (SSSR count). The third-order valence-corrected chi connectivity index (χ3v) is 13.5. The van der Waals surface area contributed by atoms with Crippen molar-refractivity contribution in [2.75, 3.05) is 74.6 Å². The lowest BCUT2D eigenvalue weighted by atomic mass is 9.89. The minimum absolute atomic E-state index is 0.00915. The fraction of sp³-hybridized carbons (Fsp3) is 0.744. The van der Waals surface area contributed by atoms with Crippen molar-refractivity contribution < 1.29 is 43.0 Å². The van der Waals surface area contributed by atoms with Crippen molar-refractivity contribution in [3.63, 3.8) is 0 Å². The summed E-state index contributed by atoms with van der Waals surface area (Å²) in [5.74, 6) is -2.93. The molecule has 0 radical (unpaired) electrons. The number of carbonyl (C=O) groups excluding carboxylic acids is 4. The molecule has 0 spiro atoms. The lowest BCUT2D eigenvalue weighted by Gasteiger charge is -2.41. The highest BCUT2D eigenvalue weighted by molar-refractivity contribution is 7.52. The Balaban J connectivity index is 1.79. The number of aliphatic imine (C=N–C) groups is 1. The first kappa shape index (κ1) is 53.1. The summed E-state index contributed by atoms with van der Waals surface area (Å²) in [5.41, 5.74) is 9.18. The van der Waals surface area contributed by atoms with E-state index in [4.69, 9.17) is 20.0 Å². The van der Waals surface area contributed by atoms with E-state index in [0.29, 0.717) is 76.4 Å². The van der Waals surface area contributed by atoms with Crippen LogP contribution in [0.4, 0.5) is 0 Å². The van der Waals surface area contributed by atoms with Gasteiger partial charge in [-0.3, -0.25) is 23.7 Å². The largest absolute Gasteiger partial charge is 0.379 e. The number of methoxy groups -OCH3 is 2. The topological polar surface area (TPSA) is 234 Å². The van der Waals surface area contributed by atoms with Crippen molar-refractivity contribution in [1.29, 1.82) is 0 Å². The van der Waals surface area contributed by atoms with E-state index in [1.165, 1.54) is 14.2 Å². The Morgan fingerprint density at radius 3 is 2.14 bits per heavy atom. The summed E-state index contributed by atoms with van der Waals surface area (Å²) < 4.78 is 24.4. The number of azide groups is 1. The third kappa shape index (κ3) is 14.9. The fourth-order valence-electron chi connectivity index (χ4n) is 8.66. The number of ether oxygens (including phenoxy) is 2. The second kappa shape index (κ2) is 25.3. The SMILES string of the molecule is CC[C@H](C)[C@@H]([C@@H](CC(=O)N1CCC[C@H]1[C@H](OC)[C@@H](C)C(=O)N[C@@H](Cc1ccccc1)P(=O)(O)O)OC)N(C)C(=O)[C@@H](/N=C(/N(C)C)N1CCN(C(=O)CCCN=[N+]=[N-])CC1)C(C)C. The Hall–Kier alpha value is -4.25. The van der Waals surface area contributed by atoms with Gasteiger partial charge < -0.3 is 49.1 Å². The number of benzene rings is 1. The summed E-state index contributed by atoms with van der Waals surface area (Å²) in [5, 5.41) is 6.09. The molecular weight excluding hydrogens is 832 g/mol. The van der Waals surface area contributed by atoms with Gasteiger partial charge in [0, 0.05) is 92.4 Å². The van der Waals surface area contributed by atoms with Crippen molar-refractivity contribution in [3.8, 4) is 0 Å². The minimum Gasteiger partial charge on any atom is -0.379 e. The molecular formula is C43H73N10O9P. The van der Waals surface area contributed by atoms with Crippen LogP contribution in [0.5, 0.6) is 0 Å². The van der Waals surface area contributed by atoms with Crippen LogP contribution in [0.1, 0.15) is 78.7 Å². The van der Waals surface area contributed by atoms with Gasteiger partial charge in [-0.05, 0) is 42.2 Å². The number of guanidine groups is 1. The standard InChI is InChI=1S/C43H73N10O9P/c1-11-30(4)39(50(8)42(57)38(29(2)3)47-43(49(6)7)52-25-23-51(24-26-52)36(54)20-15-21-45-48-44)34(61-9)28-37(55)53-22-16-19-33(53)40(62-10)31(5)41(56)46-35(63(58,59)60)27-32-17-13-12-14-18-32/h12-14,17-18,29-31,33-35,38-40H,11,15-16,19-28H2,1-10H3,(H,46,56)(H2,58,59,60)/b47-43-/t30-,31+,33-,34+,35+,38-,39-,40+/m0/s1. The van der Waals surface area contributed by atoms with Crippen molar-refractivity contribution in [1.82, 2.24) is 29.8 Å². The molecule has 8 atom stereocenters. The molecule has 0 saturated carbocycles. The van der Waals surface area contributed by atoms with Crippen LogP contribution in [0.25, 0.3) is 10.4 Å². The summed E-state index contributed by atoms with van der Waals surface area (Å²) in [4.78, 5) is 92.7. The Morgan fingerprint density at radius 2 is 1.60 bits per heavy atom. The maximum Gasteiger partial charge on any atom is 0.347 e. The second-order valence-electron chi connectivity index (χ2n) is 17.3. The number of likely N-dealkylation sites (tertiary alicyclic amines) is 1. The monoisotopic (exact) mass is 905 g/mol. The van der Waals surface area contributed by atoms with Crippen LogP contribution >= 0.6 is 7.60 Å². The van der Waals surface area contributed by atoms with E-state index in [2.05, 4.69) is 20.2 Å². The van der Waals surface area contributed by atoms with E-state index in [0.717, 1.165) is 0 Å². The van der Waals surface area contributed by atoms with Crippen LogP contribution in [0.2, 0.25) is 0 Å². The molecule has 2 heterocycles. The smallest absolute Gasteiger partial charge is 0.347 e. The van der Waals surface area contributed by atoms with Crippen molar-refractivity contribution in [2.45, 2.75) is 116 Å². The van der Waals surface area contributed by atoms with Gasteiger partial charge in [0.1, 0.15) is 11.8 Å². The number of hydrogen-bond acceptors (Lipinski definition) is 9. The predicted molar refractivity (Wildman–Crippen MR) is 241 cm³/mol. The summed E-state index contributed by atoms with van der Waals surface area (Å²) in [7, 11) is 3.77. The normalized spacial score (nSPS) is 19.3. The van der Waals surface area contributed by atoms with E-state index in [9.17, 15) is 33.5 Å². The van der Waals surface area contributed by atoms with E-state index in [-0.39, 0.29) is 48.9 Å². The summed E-state index contributed by atoms with van der Waals surface area (Å²) in [6, 6.07) is 7.04. The van der Waals surface area contributed by atoms with Crippen molar-refractivity contribution in [2.24, 2.45) is 27.9 Å². The molecule has 354 valence electrons. The number of rotatable bonds is 22. The molecule has 2 aliphatic rings.